The van der Waals surface area contributed by atoms with Gasteiger partial charge in [0.2, 0.25) is 0 Å². The van der Waals surface area contributed by atoms with Crippen molar-refractivity contribution in [2.24, 2.45) is 5.16 Å². The molecule has 0 aliphatic rings. The first-order chi connectivity index (χ1) is 9.24. The van der Waals surface area contributed by atoms with Gasteiger partial charge in [-0.15, -0.1) is 0 Å². The minimum absolute atomic E-state index is 0.102. The molecule has 0 fully saturated rings. The molecule has 1 aromatic carbocycles. The molecule has 0 saturated carbocycles. The van der Waals surface area contributed by atoms with Crippen molar-refractivity contribution in [3.63, 3.8) is 0 Å². The Labute approximate surface area is 117 Å². The van der Waals surface area contributed by atoms with E-state index >= 15 is 0 Å². The first-order valence-corrected chi connectivity index (χ1v) is 6.41. The third-order valence-electron chi connectivity index (χ3n) is 2.15. The van der Waals surface area contributed by atoms with Crippen LogP contribution in [-0.2, 0) is 14.3 Å². The number of halogens is 1. The van der Waals surface area contributed by atoms with Crippen LogP contribution in [0.2, 0.25) is 5.02 Å². The van der Waals surface area contributed by atoms with Gasteiger partial charge in [-0.2, -0.15) is 0 Å². The summed E-state index contributed by atoms with van der Waals surface area (Å²) in [6.07, 6.45) is 1.40. The molecule has 0 atom stereocenters. The van der Waals surface area contributed by atoms with E-state index in [9.17, 15) is 5.11 Å². The van der Waals surface area contributed by atoms with E-state index in [1.54, 1.807) is 12.1 Å². The fourth-order valence-corrected chi connectivity index (χ4v) is 1.42. The molecule has 0 amide bonds. The second-order valence-corrected chi connectivity index (χ2v) is 4.02. The van der Waals surface area contributed by atoms with Crippen LogP contribution < -0.4 is 0 Å². The van der Waals surface area contributed by atoms with E-state index in [0.717, 1.165) is 0 Å². The number of hydrogen-bond acceptors (Lipinski definition) is 5. The molecular weight excluding hydrogens is 270 g/mol. The molecular formula is C13H18ClNO4. The molecule has 0 aliphatic heterocycles. The van der Waals surface area contributed by atoms with Gasteiger partial charge in [0.1, 0.15) is 12.4 Å². The molecule has 5 nitrogen and oxygen atoms in total. The van der Waals surface area contributed by atoms with Crippen LogP contribution in [0.5, 0.6) is 5.75 Å². The normalized spacial score (nSPS) is 11.1. The molecule has 0 heterocycles. The summed E-state index contributed by atoms with van der Waals surface area (Å²) in [4.78, 5) is 4.99. The highest BCUT2D eigenvalue weighted by molar-refractivity contribution is 6.30. The molecule has 1 N–H and O–H groups in total. The lowest BCUT2D eigenvalue weighted by molar-refractivity contribution is 0.0186. The Balaban J connectivity index is 2.15. The zero-order valence-electron chi connectivity index (χ0n) is 10.8. The van der Waals surface area contributed by atoms with Crippen LogP contribution in [0.4, 0.5) is 0 Å². The lowest BCUT2D eigenvalue weighted by atomic mass is 10.2. The number of nitrogens with zero attached hydrogens (tertiary/aromatic N) is 1. The molecule has 1 aromatic rings. The summed E-state index contributed by atoms with van der Waals surface area (Å²) in [6.45, 7) is 4.51. The van der Waals surface area contributed by atoms with Crippen molar-refractivity contribution in [3.8, 4) is 5.75 Å². The van der Waals surface area contributed by atoms with Crippen LogP contribution in [0.3, 0.4) is 0 Å². The number of aromatic hydroxyl groups is 1. The molecule has 0 bridgehead atoms. The molecule has 0 spiro atoms. The van der Waals surface area contributed by atoms with Crippen LogP contribution in [0.1, 0.15) is 12.5 Å². The van der Waals surface area contributed by atoms with Gasteiger partial charge in [0.05, 0.1) is 26.0 Å². The first-order valence-electron chi connectivity index (χ1n) is 6.03. The van der Waals surface area contributed by atoms with Crippen LogP contribution >= 0.6 is 11.6 Å². The molecule has 0 unspecified atom stereocenters. The molecule has 0 saturated heterocycles. The van der Waals surface area contributed by atoms with E-state index < -0.39 is 0 Å². The van der Waals surface area contributed by atoms with Gasteiger partial charge in [0, 0.05) is 17.2 Å². The third kappa shape index (κ3) is 7.00. The Morgan fingerprint density at radius 2 is 1.95 bits per heavy atom. The van der Waals surface area contributed by atoms with E-state index in [1.807, 2.05) is 6.92 Å². The van der Waals surface area contributed by atoms with Crippen LogP contribution in [0.25, 0.3) is 0 Å². The SMILES string of the molecule is CCOCCOCCO/N=C/c1cc(Cl)ccc1O. The minimum Gasteiger partial charge on any atom is -0.507 e. The smallest absolute Gasteiger partial charge is 0.140 e. The zero-order chi connectivity index (χ0) is 13.9. The van der Waals surface area contributed by atoms with Crippen molar-refractivity contribution in [2.45, 2.75) is 6.92 Å². The average Bonchev–Trinajstić information content (AvgIpc) is 2.40. The fourth-order valence-electron chi connectivity index (χ4n) is 1.24. The number of benzene rings is 1. The van der Waals surface area contributed by atoms with Crippen LogP contribution in [-0.4, -0.2) is 44.4 Å². The van der Waals surface area contributed by atoms with Gasteiger partial charge in [0.15, 0.2) is 0 Å². The quantitative estimate of drug-likeness (QED) is 0.430. The summed E-state index contributed by atoms with van der Waals surface area (Å²) in [5, 5.41) is 13.8. The molecule has 19 heavy (non-hydrogen) atoms. The topological polar surface area (TPSA) is 60.3 Å². The van der Waals surface area contributed by atoms with Gasteiger partial charge in [-0.05, 0) is 25.1 Å². The second-order valence-electron chi connectivity index (χ2n) is 3.58. The van der Waals surface area contributed by atoms with Crippen LogP contribution in [0, 0.1) is 0 Å². The summed E-state index contributed by atoms with van der Waals surface area (Å²) >= 11 is 5.79. The molecule has 0 aliphatic carbocycles. The lowest BCUT2D eigenvalue weighted by Gasteiger charge is -2.03. The fraction of sp³-hybridized carbons (Fsp3) is 0.462. The maximum absolute atomic E-state index is 9.51. The number of phenols is 1. The minimum atomic E-state index is 0.102. The van der Waals surface area contributed by atoms with Gasteiger partial charge in [0.25, 0.3) is 0 Å². The Morgan fingerprint density at radius 1 is 1.21 bits per heavy atom. The van der Waals surface area contributed by atoms with E-state index in [-0.39, 0.29) is 5.75 Å². The Morgan fingerprint density at radius 3 is 2.74 bits per heavy atom. The Kier molecular flexibility index (Phi) is 7.97. The van der Waals surface area contributed by atoms with Gasteiger partial charge in [-0.3, -0.25) is 0 Å². The Hall–Kier alpha value is -1.30. The molecule has 106 valence electrons. The number of ether oxygens (including phenoxy) is 2. The lowest BCUT2D eigenvalue weighted by Crippen LogP contribution is -2.07. The predicted molar refractivity (Wildman–Crippen MR) is 74.0 cm³/mol. The highest BCUT2D eigenvalue weighted by atomic mass is 35.5. The first kappa shape index (κ1) is 15.8. The van der Waals surface area contributed by atoms with Gasteiger partial charge < -0.3 is 19.4 Å². The summed E-state index contributed by atoms with van der Waals surface area (Å²) < 4.78 is 10.3. The summed E-state index contributed by atoms with van der Waals surface area (Å²) in [5.41, 5.74) is 0.504. The highest BCUT2D eigenvalue weighted by Crippen LogP contribution is 2.19. The number of rotatable bonds is 9. The van der Waals surface area contributed by atoms with Gasteiger partial charge in [-0.1, -0.05) is 16.8 Å². The molecule has 6 heteroatoms. The number of hydrogen-bond donors (Lipinski definition) is 1. The number of phenolic OH excluding ortho intramolecular Hbond substituents is 1. The van der Waals surface area contributed by atoms with E-state index in [1.165, 1.54) is 12.3 Å². The maximum atomic E-state index is 9.51. The van der Waals surface area contributed by atoms with Crippen molar-refractivity contribution in [2.75, 3.05) is 33.0 Å². The van der Waals surface area contributed by atoms with Crippen molar-refractivity contribution in [1.82, 2.24) is 0 Å². The monoisotopic (exact) mass is 287 g/mol. The molecule has 0 radical (unpaired) electrons. The third-order valence-corrected chi connectivity index (χ3v) is 2.39. The maximum Gasteiger partial charge on any atom is 0.140 e. The van der Waals surface area contributed by atoms with E-state index in [0.29, 0.717) is 43.6 Å². The molecule has 0 aromatic heterocycles. The summed E-state index contributed by atoms with van der Waals surface area (Å²) in [5.74, 6) is 0.102. The van der Waals surface area contributed by atoms with Crippen molar-refractivity contribution in [1.29, 1.82) is 0 Å². The zero-order valence-corrected chi connectivity index (χ0v) is 11.6. The average molecular weight is 288 g/mol. The van der Waals surface area contributed by atoms with Crippen molar-refractivity contribution < 1.29 is 19.4 Å². The highest BCUT2D eigenvalue weighted by Gasteiger charge is 1.98. The second kappa shape index (κ2) is 9.61. The Bertz CT molecular complexity index is 398. The van der Waals surface area contributed by atoms with Crippen molar-refractivity contribution >= 4 is 17.8 Å². The van der Waals surface area contributed by atoms with Crippen molar-refractivity contribution in [3.05, 3.63) is 28.8 Å². The standard InChI is InChI=1S/C13H18ClNO4/c1-2-17-5-6-18-7-8-19-15-10-11-9-12(14)3-4-13(11)16/h3-4,9-10,16H,2,5-8H2,1H3/b15-10+. The summed E-state index contributed by atoms with van der Waals surface area (Å²) in [7, 11) is 0. The largest absolute Gasteiger partial charge is 0.507 e. The van der Waals surface area contributed by atoms with E-state index in [2.05, 4.69) is 5.16 Å². The van der Waals surface area contributed by atoms with Gasteiger partial charge in [-0.25, -0.2) is 0 Å². The molecule has 1 rings (SSSR count). The van der Waals surface area contributed by atoms with E-state index in [4.69, 9.17) is 25.9 Å². The number of oxime groups is 1. The summed E-state index contributed by atoms with van der Waals surface area (Å²) in [6, 6.07) is 4.70. The van der Waals surface area contributed by atoms with Crippen LogP contribution in [0.15, 0.2) is 23.4 Å². The van der Waals surface area contributed by atoms with Gasteiger partial charge >= 0.3 is 0 Å². The predicted octanol–water partition coefficient (Wildman–Crippen LogP) is 2.45.